The van der Waals surface area contributed by atoms with Crippen molar-refractivity contribution in [2.24, 2.45) is 5.92 Å². The van der Waals surface area contributed by atoms with Gasteiger partial charge in [-0.25, -0.2) is 4.79 Å². The zero-order chi connectivity index (χ0) is 29.2. The minimum atomic E-state index is -0.540. The highest BCUT2D eigenvalue weighted by Gasteiger charge is 2.38. The number of carbonyl (C=O) groups excluding carboxylic acids is 1. The standard InChI is InChI=1S/C34H40N2O5/c1-5-19-36(4)22-31-24(3)32(27-13-11-25(23-37)12-14-27)41-33(40-31)28-17-15-26(16-18-28)30-10-8-7-9-29(30)21-35-34(38)39-20-6-2/h5-18,24,31-33,37H,1-2,19-23H2,3-4H3,(H,35,38)/t24-,31+,32+,33+/m1/s1. The van der Waals surface area contributed by atoms with E-state index in [4.69, 9.17) is 14.2 Å². The quantitative estimate of drug-likeness (QED) is 0.260. The number of likely N-dealkylation sites (N-methyl/N-ethyl adjacent to an activating group) is 1. The molecule has 0 radical (unpaired) electrons. The Bertz CT molecular complexity index is 1290. The van der Waals surface area contributed by atoms with Crippen LogP contribution in [0.4, 0.5) is 4.79 Å². The van der Waals surface area contributed by atoms with Gasteiger partial charge < -0.3 is 29.5 Å². The van der Waals surface area contributed by atoms with Gasteiger partial charge in [0.1, 0.15) is 6.61 Å². The topological polar surface area (TPSA) is 80.3 Å². The molecule has 0 aromatic heterocycles. The first-order valence-corrected chi connectivity index (χ1v) is 13.9. The van der Waals surface area contributed by atoms with E-state index >= 15 is 0 Å². The van der Waals surface area contributed by atoms with Gasteiger partial charge in [0.25, 0.3) is 0 Å². The molecule has 2 N–H and O–H groups in total. The molecule has 1 amide bonds. The van der Waals surface area contributed by atoms with Gasteiger partial charge in [-0.1, -0.05) is 98.5 Å². The van der Waals surface area contributed by atoms with Gasteiger partial charge >= 0.3 is 6.09 Å². The fraction of sp³-hybridized carbons (Fsp3) is 0.324. The number of aliphatic hydroxyl groups is 1. The number of nitrogens with zero attached hydrogens (tertiary/aromatic N) is 1. The molecule has 4 rings (SSSR count). The molecule has 0 spiro atoms. The minimum absolute atomic E-state index is 0.00695. The van der Waals surface area contributed by atoms with Crippen LogP contribution in [-0.2, 0) is 27.4 Å². The van der Waals surface area contributed by atoms with E-state index < -0.39 is 12.4 Å². The summed E-state index contributed by atoms with van der Waals surface area (Å²) in [7, 11) is 2.06. The lowest BCUT2D eigenvalue weighted by molar-refractivity contribution is -0.275. The van der Waals surface area contributed by atoms with Crippen molar-refractivity contribution in [1.82, 2.24) is 10.2 Å². The van der Waals surface area contributed by atoms with Gasteiger partial charge in [0.15, 0.2) is 6.29 Å². The van der Waals surface area contributed by atoms with E-state index in [2.05, 4.69) is 49.5 Å². The molecule has 3 aromatic rings. The first-order valence-electron chi connectivity index (χ1n) is 13.9. The third-order valence-electron chi connectivity index (χ3n) is 7.32. The number of hydrogen-bond acceptors (Lipinski definition) is 6. The SMILES string of the molecule is C=CCOC(=O)NCc1ccccc1-c1ccc([C@H]2O[C@@H](CN(C)CC=C)[C@@H](C)[C@@H](c3ccc(CO)cc3)O2)cc1. The summed E-state index contributed by atoms with van der Waals surface area (Å²) in [6.45, 7) is 11.6. The lowest BCUT2D eigenvalue weighted by Crippen LogP contribution is -2.43. The van der Waals surface area contributed by atoms with Crippen molar-refractivity contribution in [3.8, 4) is 11.1 Å². The van der Waals surface area contributed by atoms with Crippen LogP contribution in [0.1, 0.15) is 41.6 Å². The van der Waals surface area contributed by atoms with Crippen molar-refractivity contribution < 1.29 is 24.1 Å². The summed E-state index contributed by atoms with van der Waals surface area (Å²) in [5.41, 5.74) is 5.88. The summed E-state index contributed by atoms with van der Waals surface area (Å²) in [5.74, 6) is 0.107. The predicted molar refractivity (Wildman–Crippen MR) is 161 cm³/mol. The normalized spacial score (nSPS) is 20.4. The second kappa shape index (κ2) is 14.8. The Morgan fingerprint density at radius 1 is 1.00 bits per heavy atom. The molecule has 1 aliphatic rings. The number of rotatable bonds is 12. The molecule has 0 unspecified atom stereocenters. The summed E-state index contributed by atoms with van der Waals surface area (Å²) in [6, 6.07) is 24.1. The molecule has 0 saturated carbocycles. The molecule has 1 saturated heterocycles. The summed E-state index contributed by atoms with van der Waals surface area (Å²) in [5, 5.41) is 12.3. The molecule has 7 nitrogen and oxygen atoms in total. The van der Waals surface area contributed by atoms with Gasteiger partial charge in [-0.2, -0.15) is 0 Å². The molecule has 0 bridgehead atoms. The van der Waals surface area contributed by atoms with Gasteiger partial charge in [-0.3, -0.25) is 0 Å². The molecule has 3 aromatic carbocycles. The Labute approximate surface area is 243 Å². The molecular weight excluding hydrogens is 516 g/mol. The van der Waals surface area contributed by atoms with E-state index in [9.17, 15) is 9.90 Å². The van der Waals surface area contributed by atoms with E-state index in [-0.39, 0.29) is 31.3 Å². The fourth-order valence-corrected chi connectivity index (χ4v) is 5.06. The summed E-state index contributed by atoms with van der Waals surface area (Å²) in [4.78, 5) is 14.1. The number of hydrogen-bond donors (Lipinski definition) is 2. The van der Waals surface area contributed by atoms with Gasteiger partial charge in [-0.05, 0) is 34.9 Å². The number of carbonyl (C=O) groups is 1. The summed E-state index contributed by atoms with van der Waals surface area (Å²) >= 11 is 0. The van der Waals surface area contributed by atoms with E-state index in [0.29, 0.717) is 6.54 Å². The maximum Gasteiger partial charge on any atom is 0.407 e. The van der Waals surface area contributed by atoms with E-state index in [1.54, 1.807) is 0 Å². The number of alkyl carbamates (subject to hydrolysis) is 1. The lowest BCUT2D eigenvalue weighted by atomic mass is 9.90. The van der Waals surface area contributed by atoms with Gasteiger partial charge in [-0.15, -0.1) is 6.58 Å². The van der Waals surface area contributed by atoms with Crippen LogP contribution in [0.3, 0.4) is 0 Å². The Hall–Kier alpha value is -3.75. The highest BCUT2D eigenvalue weighted by atomic mass is 16.7. The van der Waals surface area contributed by atoms with Crippen molar-refractivity contribution in [2.75, 3.05) is 26.7 Å². The largest absolute Gasteiger partial charge is 0.445 e. The maximum absolute atomic E-state index is 11.9. The third-order valence-corrected chi connectivity index (χ3v) is 7.32. The van der Waals surface area contributed by atoms with E-state index in [1.165, 1.54) is 6.08 Å². The first kappa shape index (κ1) is 30.2. The van der Waals surface area contributed by atoms with Crippen LogP contribution in [0.2, 0.25) is 0 Å². The maximum atomic E-state index is 11.9. The molecule has 1 aliphatic heterocycles. The lowest BCUT2D eigenvalue weighted by Gasteiger charge is -2.42. The van der Waals surface area contributed by atoms with Crippen LogP contribution in [0.15, 0.2) is 98.1 Å². The molecular formula is C34H40N2O5. The van der Waals surface area contributed by atoms with Gasteiger partial charge in [0.2, 0.25) is 0 Å². The molecule has 41 heavy (non-hydrogen) atoms. The van der Waals surface area contributed by atoms with Crippen LogP contribution in [-0.4, -0.2) is 48.9 Å². The van der Waals surface area contributed by atoms with Crippen LogP contribution in [0.25, 0.3) is 11.1 Å². The van der Waals surface area contributed by atoms with Crippen LogP contribution < -0.4 is 5.32 Å². The zero-order valence-corrected chi connectivity index (χ0v) is 23.9. The third kappa shape index (κ3) is 7.93. The summed E-state index contributed by atoms with van der Waals surface area (Å²) in [6.07, 6.45) is 2.17. The Balaban J connectivity index is 1.55. The van der Waals surface area contributed by atoms with Crippen molar-refractivity contribution in [1.29, 1.82) is 0 Å². The molecule has 7 heteroatoms. The highest BCUT2D eigenvalue weighted by Crippen LogP contribution is 2.42. The number of ether oxygens (including phenoxy) is 3. The van der Waals surface area contributed by atoms with E-state index in [1.807, 2.05) is 66.7 Å². The molecule has 216 valence electrons. The predicted octanol–water partition coefficient (Wildman–Crippen LogP) is 6.17. The Morgan fingerprint density at radius 2 is 1.71 bits per heavy atom. The van der Waals surface area contributed by atoms with Crippen molar-refractivity contribution >= 4 is 6.09 Å². The van der Waals surface area contributed by atoms with Crippen molar-refractivity contribution in [3.63, 3.8) is 0 Å². The van der Waals surface area contributed by atoms with Crippen LogP contribution in [0, 0.1) is 5.92 Å². The number of nitrogens with one attached hydrogen (secondary N) is 1. The average molecular weight is 557 g/mol. The average Bonchev–Trinajstić information content (AvgIpc) is 3.00. The highest BCUT2D eigenvalue weighted by molar-refractivity contribution is 5.70. The second-order valence-electron chi connectivity index (χ2n) is 10.4. The van der Waals surface area contributed by atoms with Gasteiger partial charge in [0.05, 0.1) is 18.8 Å². The van der Waals surface area contributed by atoms with Crippen LogP contribution in [0.5, 0.6) is 0 Å². The number of benzene rings is 3. The Kier molecular flexibility index (Phi) is 10.9. The minimum Gasteiger partial charge on any atom is -0.445 e. The zero-order valence-electron chi connectivity index (χ0n) is 23.9. The fourth-order valence-electron chi connectivity index (χ4n) is 5.06. The monoisotopic (exact) mass is 556 g/mol. The van der Waals surface area contributed by atoms with E-state index in [0.717, 1.165) is 46.5 Å². The first-order chi connectivity index (χ1) is 19.9. The second-order valence-corrected chi connectivity index (χ2v) is 10.4. The molecule has 1 heterocycles. The van der Waals surface area contributed by atoms with Gasteiger partial charge in [0, 0.05) is 31.1 Å². The van der Waals surface area contributed by atoms with Crippen molar-refractivity contribution in [3.05, 3.63) is 120 Å². The van der Waals surface area contributed by atoms with Crippen LogP contribution >= 0.6 is 0 Å². The smallest absolute Gasteiger partial charge is 0.407 e. The molecule has 4 atom stereocenters. The molecule has 1 fully saturated rings. The molecule has 0 aliphatic carbocycles. The summed E-state index contributed by atoms with van der Waals surface area (Å²) < 4.78 is 18.2. The number of aliphatic hydroxyl groups excluding tert-OH is 1. The Morgan fingerprint density at radius 3 is 2.39 bits per heavy atom. The van der Waals surface area contributed by atoms with Crippen molar-refractivity contribution in [2.45, 2.75) is 38.6 Å². The number of amides is 1.